The van der Waals surface area contributed by atoms with E-state index in [0.29, 0.717) is 36.2 Å². The second-order valence-corrected chi connectivity index (χ2v) is 8.67. The number of nitrogens with zero attached hydrogens (tertiary/aromatic N) is 4. The lowest BCUT2D eigenvalue weighted by atomic mass is 10.2. The largest absolute Gasteiger partial charge is 0.437 e. The van der Waals surface area contributed by atoms with Crippen molar-refractivity contribution < 1.29 is 12.8 Å². The van der Waals surface area contributed by atoms with Crippen LogP contribution in [0.3, 0.4) is 0 Å². The van der Waals surface area contributed by atoms with Crippen LogP contribution in [0.5, 0.6) is 0 Å². The molecule has 2 aliphatic rings. The topological polar surface area (TPSA) is 90.9 Å². The van der Waals surface area contributed by atoms with Crippen molar-refractivity contribution in [1.29, 1.82) is 0 Å². The smallest absolute Gasteiger partial charge is 0.196 e. The molecule has 0 radical (unpaired) electrons. The van der Waals surface area contributed by atoms with Gasteiger partial charge in [-0.25, -0.2) is 23.1 Å². The van der Waals surface area contributed by atoms with Crippen molar-refractivity contribution in [3.63, 3.8) is 0 Å². The van der Waals surface area contributed by atoms with Crippen LogP contribution >= 0.6 is 0 Å². The molecule has 0 spiro atoms. The van der Waals surface area contributed by atoms with Crippen molar-refractivity contribution in [3.05, 3.63) is 17.4 Å². The van der Waals surface area contributed by atoms with E-state index in [-0.39, 0.29) is 17.5 Å². The molecule has 0 bridgehead atoms. The van der Waals surface area contributed by atoms with Crippen molar-refractivity contribution in [2.45, 2.75) is 51.5 Å². The van der Waals surface area contributed by atoms with E-state index >= 15 is 0 Å². The molecule has 1 saturated heterocycles. The first kappa shape index (κ1) is 14.9. The Morgan fingerprint density at radius 1 is 1.26 bits per heavy atom. The Morgan fingerprint density at radius 3 is 2.61 bits per heavy atom. The minimum atomic E-state index is -2.98. The van der Waals surface area contributed by atoms with Crippen LogP contribution in [-0.4, -0.2) is 39.7 Å². The number of aryl methyl sites for hydroxylation is 2. The summed E-state index contributed by atoms with van der Waals surface area (Å²) in [7, 11) is -2.98. The summed E-state index contributed by atoms with van der Waals surface area (Å²) in [6.07, 6.45) is 3.49. The third-order valence-electron chi connectivity index (χ3n) is 4.49. The van der Waals surface area contributed by atoms with Crippen LogP contribution < -0.4 is 0 Å². The molecule has 0 unspecified atom stereocenters. The molecular weight excluding hydrogens is 316 g/mol. The second-order valence-electron chi connectivity index (χ2n) is 6.45. The summed E-state index contributed by atoms with van der Waals surface area (Å²) >= 11 is 0. The number of aromatic nitrogens is 4. The molecule has 0 amide bonds. The van der Waals surface area contributed by atoms with E-state index in [2.05, 4.69) is 15.1 Å². The molecule has 4 rings (SSSR count). The maximum atomic E-state index is 11.8. The van der Waals surface area contributed by atoms with E-state index in [1.54, 1.807) is 4.68 Å². The first-order chi connectivity index (χ1) is 11.0. The molecule has 2 aromatic heterocycles. The zero-order chi connectivity index (χ0) is 16.2. The second kappa shape index (κ2) is 5.15. The molecule has 3 heterocycles. The molecule has 1 atom stereocenters. The SMILES string of the molecule is CCc1nc(C)c(-c2nc(C3CC3)nn2[C@H]2CCS(=O)(=O)C2)o1. The lowest BCUT2D eigenvalue weighted by Gasteiger charge is -2.10. The maximum absolute atomic E-state index is 11.8. The van der Waals surface area contributed by atoms with Crippen LogP contribution in [-0.2, 0) is 16.3 Å². The molecule has 1 aliphatic carbocycles. The fourth-order valence-electron chi connectivity index (χ4n) is 3.04. The number of oxazole rings is 1. The van der Waals surface area contributed by atoms with Crippen LogP contribution in [0.2, 0.25) is 0 Å². The van der Waals surface area contributed by atoms with Crippen LogP contribution in [0.1, 0.15) is 55.6 Å². The van der Waals surface area contributed by atoms with Crippen molar-refractivity contribution in [2.75, 3.05) is 11.5 Å². The summed E-state index contributed by atoms with van der Waals surface area (Å²) in [5, 5.41) is 4.63. The molecule has 23 heavy (non-hydrogen) atoms. The van der Waals surface area contributed by atoms with Gasteiger partial charge in [0.05, 0.1) is 23.2 Å². The van der Waals surface area contributed by atoms with Gasteiger partial charge in [0.15, 0.2) is 33.1 Å². The van der Waals surface area contributed by atoms with Gasteiger partial charge in [-0.2, -0.15) is 5.10 Å². The van der Waals surface area contributed by atoms with Gasteiger partial charge >= 0.3 is 0 Å². The molecule has 2 aromatic rings. The predicted octanol–water partition coefficient (Wildman–Crippen LogP) is 2.04. The Balaban J connectivity index is 1.79. The number of rotatable bonds is 4. The van der Waals surface area contributed by atoms with Gasteiger partial charge in [-0.1, -0.05) is 6.92 Å². The van der Waals surface area contributed by atoms with Crippen LogP contribution in [0.4, 0.5) is 0 Å². The molecule has 8 heteroatoms. The van der Waals surface area contributed by atoms with E-state index in [1.807, 2.05) is 13.8 Å². The number of sulfone groups is 1. The van der Waals surface area contributed by atoms with Crippen LogP contribution in [0, 0.1) is 6.92 Å². The standard InChI is InChI=1S/C15H20N4O3S/c1-3-12-16-9(2)13(22-12)15-17-14(10-4-5-10)18-19(15)11-6-7-23(20,21)8-11/h10-11H,3-8H2,1-2H3/t11-/m0/s1. The lowest BCUT2D eigenvalue weighted by Crippen LogP contribution is -2.14. The van der Waals surface area contributed by atoms with E-state index in [1.165, 1.54) is 0 Å². The van der Waals surface area contributed by atoms with Gasteiger partial charge in [-0.05, 0) is 26.2 Å². The van der Waals surface area contributed by atoms with E-state index in [0.717, 1.165) is 24.4 Å². The molecule has 7 nitrogen and oxygen atoms in total. The first-order valence-electron chi connectivity index (χ1n) is 8.10. The number of hydrogen-bond acceptors (Lipinski definition) is 6. The van der Waals surface area contributed by atoms with Gasteiger partial charge in [0, 0.05) is 12.3 Å². The zero-order valence-electron chi connectivity index (χ0n) is 13.3. The number of hydrogen-bond donors (Lipinski definition) is 0. The highest BCUT2D eigenvalue weighted by Crippen LogP contribution is 2.40. The molecular formula is C15H20N4O3S. The van der Waals surface area contributed by atoms with E-state index < -0.39 is 9.84 Å². The van der Waals surface area contributed by atoms with Gasteiger partial charge in [0.1, 0.15) is 0 Å². The van der Waals surface area contributed by atoms with Gasteiger partial charge < -0.3 is 4.42 Å². The highest BCUT2D eigenvalue weighted by molar-refractivity contribution is 7.91. The van der Waals surface area contributed by atoms with Crippen molar-refractivity contribution in [3.8, 4) is 11.6 Å². The Labute approximate surface area is 135 Å². The molecule has 0 N–H and O–H groups in total. The summed E-state index contributed by atoms with van der Waals surface area (Å²) in [6, 6.07) is -0.162. The minimum absolute atomic E-state index is 0.126. The molecule has 124 valence electrons. The zero-order valence-corrected chi connectivity index (χ0v) is 14.1. The van der Waals surface area contributed by atoms with Crippen LogP contribution in [0.15, 0.2) is 4.42 Å². The molecule has 1 saturated carbocycles. The summed E-state index contributed by atoms with van der Waals surface area (Å²) in [5.74, 6) is 3.45. The summed E-state index contributed by atoms with van der Waals surface area (Å²) in [5.41, 5.74) is 0.777. The normalized spacial score (nSPS) is 23.5. The third-order valence-corrected chi connectivity index (χ3v) is 6.24. The Hall–Kier alpha value is -1.70. The van der Waals surface area contributed by atoms with Crippen molar-refractivity contribution in [2.24, 2.45) is 0 Å². The Kier molecular flexibility index (Phi) is 3.33. The monoisotopic (exact) mass is 336 g/mol. The maximum Gasteiger partial charge on any atom is 0.196 e. The van der Waals surface area contributed by atoms with Crippen LogP contribution in [0.25, 0.3) is 11.6 Å². The van der Waals surface area contributed by atoms with Gasteiger partial charge in [-0.15, -0.1) is 0 Å². The fraction of sp³-hybridized carbons (Fsp3) is 0.667. The lowest BCUT2D eigenvalue weighted by molar-refractivity contribution is 0.474. The summed E-state index contributed by atoms with van der Waals surface area (Å²) in [6.45, 7) is 3.87. The average molecular weight is 336 g/mol. The van der Waals surface area contributed by atoms with E-state index in [9.17, 15) is 8.42 Å². The molecule has 0 aromatic carbocycles. The highest BCUT2D eigenvalue weighted by atomic mass is 32.2. The first-order valence-corrected chi connectivity index (χ1v) is 9.92. The van der Waals surface area contributed by atoms with Gasteiger partial charge in [-0.3, -0.25) is 0 Å². The van der Waals surface area contributed by atoms with Gasteiger partial charge in [0.2, 0.25) is 0 Å². The predicted molar refractivity (Wildman–Crippen MR) is 83.9 cm³/mol. The summed E-state index contributed by atoms with van der Waals surface area (Å²) < 4.78 is 31.3. The third kappa shape index (κ3) is 2.69. The van der Waals surface area contributed by atoms with Crippen molar-refractivity contribution in [1.82, 2.24) is 19.7 Å². The molecule has 2 fully saturated rings. The van der Waals surface area contributed by atoms with E-state index in [4.69, 9.17) is 4.42 Å². The van der Waals surface area contributed by atoms with Gasteiger partial charge in [0.25, 0.3) is 0 Å². The fourth-order valence-corrected chi connectivity index (χ4v) is 4.73. The average Bonchev–Trinajstić information content (AvgIpc) is 2.99. The molecule has 1 aliphatic heterocycles. The highest BCUT2D eigenvalue weighted by Gasteiger charge is 2.36. The van der Waals surface area contributed by atoms with Crippen molar-refractivity contribution >= 4 is 9.84 Å². The minimum Gasteiger partial charge on any atom is -0.437 e. The Bertz CT molecular complexity index is 848. The quantitative estimate of drug-likeness (QED) is 0.848. The summed E-state index contributed by atoms with van der Waals surface area (Å²) in [4.78, 5) is 9.07. The Morgan fingerprint density at radius 2 is 2.04 bits per heavy atom.